The topological polar surface area (TPSA) is 29.9 Å². The van der Waals surface area contributed by atoms with Crippen LogP contribution in [0.1, 0.15) is 31.0 Å². The van der Waals surface area contributed by atoms with Crippen molar-refractivity contribution in [3.63, 3.8) is 0 Å². The smallest absolute Gasteiger partial charge is 0.0537 e. The van der Waals surface area contributed by atoms with Crippen molar-refractivity contribution in [2.45, 2.75) is 32.9 Å². The van der Waals surface area contributed by atoms with Crippen molar-refractivity contribution in [3.8, 4) is 0 Å². The first-order valence-electron chi connectivity index (χ1n) is 6.63. The molecule has 0 amide bonds. The highest BCUT2D eigenvalue weighted by Crippen LogP contribution is 2.17. The fourth-order valence-electron chi connectivity index (χ4n) is 2.14. The van der Waals surface area contributed by atoms with Crippen LogP contribution in [0.4, 0.5) is 0 Å². The Morgan fingerprint density at radius 2 is 2.00 bits per heavy atom. The summed E-state index contributed by atoms with van der Waals surface area (Å²) in [6.07, 6.45) is 5.11. The Morgan fingerprint density at radius 1 is 1.22 bits per heavy atom. The number of likely N-dealkylation sites (N-methyl/N-ethyl adjacent to an activating group) is 1. The van der Waals surface area contributed by atoms with Crippen molar-refractivity contribution in [2.24, 2.45) is 0 Å². The van der Waals surface area contributed by atoms with Gasteiger partial charge in [0.1, 0.15) is 0 Å². The van der Waals surface area contributed by atoms with Crippen LogP contribution in [0.5, 0.6) is 0 Å². The van der Waals surface area contributed by atoms with Crippen molar-refractivity contribution < 1.29 is 0 Å². The average Bonchev–Trinajstić information content (AvgIpc) is 2.88. The Labute approximate surface area is 109 Å². The Bertz CT molecular complexity index is 462. The minimum Gasteiger partial charge on any atom is -0.310 e. The van der Waals surface area contributed by atoms with Crippen molar-refractivity contribution in [3.05, 3.63) is 53.9 Å². The lowest BCUT2D eigenvalue weighted by Crippen LogP contribution is -2.22. The van der Waals surface area contributed by atoms with Gasteiger partial charge in [0.2, 0.25) is 0 Å². The molecule has 0 spiro atoms. The standard InChI is InChI=1S/C15H21N3/c1-3-16-15(10-13-8-6-5-7-9-13)14-11-17-18(4-2)12-14/h5-9,11-12,15-16H,3-4,10H2,1-2H3. The normalized spacial score (nSPS) is 12.6. The summed E-state index contributed by atoms with van der Waals surface area (Å²) in [7, 11) is 0. The molecule has 0 radical (unpaired) electrons. The second-order valence-electron chi connectivity index (χ2n) is 4.43. The molecule has 0 saturated heterocycles. The summed E-state index contributed by atoms with van der Waals surface area (Å²) in [4.78, 5) is 0. The van der Waals surface area contributed by atoms with Gasteiger partial charge in [-0.15, -0.1) is 0 Å². The van der Waals surface area contributed by atoms with E-state index in [4.69, 9.17) is 0 Å². The molecule has 0 aliphatic carbocycles. The second kappa shape index (κ2) is 6.36. The summed E-state index contributed by atoms with van der Waals surface area (Å²) in [6, 6.07) is 10.9. The number of hydrogen-bond donors (Lipinski definition) is 1. The van der Waals surface area contributed by atoms with E-state index in [2.05, 4.69) is 60.8 Å². The summed E-state index contributed by atoms with van der Waals surface area (Å²) >= 11 is 0. The summed E-state index contributed by atoms with van der Waals surface area (Å²) in [5.41, 5.74) is 2.62. The molecule has 2 rings (SSSR count). The van der Waals surface area contributed by atoms with Crippen molar-refractivity contribution >= 4 is 0 Å². The maximum Gasteiger partial charge on any atom is 0.0537 e. The monoisotopic (exact) mass is 243 g/mol. The summed E-state index contributed by atoms with van der Waals surface area (Å²) in [5.74, 6) is 0. The van der Waals surface area contributed by atoms with Gasteiger partial charge in [-0.05, 0) is 25.5 Å². The molecule has 0 bridgehead atoms. The molecule has 2 aromatic rings. The molecule has 0 aliphatic rings. The van der Waals surface area contributed by atoms with Crippen molar-refractivity contribution in [1.82, 2.24) is 15.1 Å². The van der Waals surface area contributed by atoms with Gasteiger partial charge >= 0.3 is 0 Å². The van der Waals surface area contributed by atoms with Gasteiger partial charge in [-0.1, -0.05) is 37.3 Å². The van der Waals surface area contributed by atoms with Crippen LogP contribution in [0.3, 0.4) is 0 Å². The zero-order chi connectivity index (χ0) is 12.8. The SMILES string of the molecule is CCNC(Cc1ccccc1)c1cnn(CC)c1. The maximum atomic E-state index is 4.36. The zero-order valence-electron chi connectivity index (χ0n) is 11.1. The second-order valence-corrected chi connectivity index (χ2v) is 4.43. The third-order valence-electron chi connectivity index (χ3n) is 3.11. The molecule has 1 aromatic carbocycles. The van der Waals surface area contributed by atoms with Gasteiger partial charge in [-0.2, -0.15) is 5.10 Å². The van der Waals surface area contributed by atoms with Crippen molar-refractivity contribution in [2.75, 3.05) is 6.54 Å². The van der Waals surface area contributed by atoms with Gasteiger partial charge in [-0.25, -0.2) is 0 Å². The summed E-state index contributed by atoms with van der Waals surface area (Å²) < 4.78 is 1.98. The predicted molar refractivity (Wildman–Crippen MR) is 74.5 cm³/mol. The fraction of sp³-hybridized carbons (Fsp3) is 0.400. The molecular weight excluding hydrogens is 222 g/mol. The summed E-state index contributed by atoms with van der Waals surface area (Å²) in [5, 5.41) is 7.89. The predicted octanol–water partition coefficient (Wildman–Crippen LogP) is 2.80. The largest absolute Gasteiger partial charge is 0.310 e. The van der Waals surface area contributed by atoms with Crippen LogP contribution in [0.15, 0.2) is 42.7 Å². The minimum absolute atomic E-state index is 0.345. The van der Waals surface area contributed by atoms with E-state index in [1.165, 1.54) is 11.1 Å². The Morgan fingerprint density at radius 3 is 2.61 bits per heavy atom. The molecular formula is C15H21N3. The molecule has 1 unspecified atom stereocenters. The number of benzene rings is 1. The fourth-order valence-corrected chi connectivity index (χ4v) is 2.14. The van der Waals surface area contributed by atoms with E-state index in [9.17, 15) is 0 Å². The first kappa shape index (κ1) is 12.8. The van der Waals surface area contributed by atoms with Crippen LogP contribution in [-0.2, 0) is 13.0 Å². The number of nitrogens with one attached hydrogen (secondary N) is 1. The van der Waals surface area contributed by atoms with Gasteiger partial charge in [0.25, 0.3) is 0 Å². The highest BCUT2D eigenvalue weighted by atomic mass is 15.3. The molecule has 96 valence electrons. The zero-order valence-corrected chi connectivity index (χ0v) is 11.1. The van der Waals surface area contributed by atoms with Gasteiger partial charge in [-0.3, -0.25) is 4.68 Å². The number of aromatic nitrogens is 2. The summed E-state index contributed by atoms with van der Waals surface area (Å²) in [6.45, 7) is 6.14. The Balaban J connectivity index is 2.12. The number of hydrogen-bond acceptors (Lipinski definition) is 2. The molecule has 0 fully saturated rings. The van der Waals surface area contributed by atoms with Gasteiger partial charge in [0, 0.05) is 24.3 Å². The molecule has 0 aliphatic heterocycles. The van der Waals surface area contributed by atoms with Crippen molar-refractivity contribution in [1.29, 1.82) is 0 Å². The number of nitrogens with zero attached hydrogens (tertiary/aromatic N) is 2. The molecule has 0 saturated carbocycles. The van der Waals surface area contributed by atoms with Crippen LogP contribution in [0.2, 0.25) is 0 Å². The van der Waals surface area contributed by atoms with Crippen LogP contribution in [0.25, 0.3) is 0 Å². The third kappa shape index (κ3) is 3.20. The van der Waals surface area contributed by atoms with E-state index in [0.29, 0.717) is 6.04 Å². The molecule has 1 atom stereocenters. The number of aryl methyl sites for hydroxylation is 1. The van der Waals surface area contributed by atoms with Crippen LogP contribution >= 0.6 is 0 Å². The lowest BCUT2D eigenvalue weighted by Gasteiger charge is -2.16. The lowest BCUT2D eigenvalue weighted by molar-refractivity contribution is 0.548. The van der Waals surface area contributed by atoms with Crippen LogP contribution in [-0.4, -0.2) is 16.3 Å². The van der Waals surface area contributed by atoms with Gasteiger partial charge in [0.15, 0.2) is 0 Å². The number of rotatable bonds is 6. The third-order valence-corrected chi connectivity index (χ3v) is 3.11. The lowest BCUT2D eigenvalue weighted by atomic mass is 10.0. The Hall–Kier alpha value is -1.61. The quantitative estimate of drug-likeness (QED) is 0.845. The molecule has 1 aromatic heterocycles. The van der Waals surface area contributed by atoms with Crippen LogP contribution < -0.4 is 5.32 Å². The highest BCUT2D eigenvalue weighted by Gasteiger charge is 2.12. The first-order valence-corrected chi connectivity index (χ1v) is 6.63. The molecule has 1 heterocycles. The minimum atomic E-state index is 0.345. The molecule has 18 heavy (non-hydrogen) atoms. The van der Waals surface area contributed by atoms with E-state index in [-0.39, 0.29) is 0 Å². The van der Waals surface area contributed by atoms with E-state index >= 15 is 0 Å². The molecule has 3 heteroatoms. The van der Waals surface area contributed by atoms with E-state index < -0.39 is 0 Å². The average molecular weight is 243 g/mol. The molecule has 3 nitrogen and oxygen atoms in total. The van der Waals surface area contributed by atoms with E-state index in [0.717, 1.165) is 19.5 Å². The Kier molecular flexibility index (Phi) is 4.53. The highest BCUT2D eigenvalue weighted by molar-refractivity contribution is 5.20. The maximum absolute atomic E-state index is 4.36. The van der Waals surface area contributed by atoms with E-state index in [1.807, 2.05) is 10.9 Å². The first-order chi connectivity index (χ1) is 8.83. The van der Waals surface area contributed by atoms with E-state index in [1.54, 1.807) is 0 Å². The van der Waals surface area contributed by atoms with Gasteiger partial charge in [0.05, 0.1) is 6.20 Å². The van der Waals surface area contributed by atoms with Crippen LogP contribution in [0, 0.1) is 0 Å². The van der Waals surface area contributed by atoms with Gasteiger partial charge < -0.3 is 5.32 Å². The molecule has 1 N–H and O–H groups in total.